The Kier molecular flexibility index (Phi) is 6.26. The van der Waals surface area contributed by atoms with Crippen molar-refractivity contribution >= 4 is 23.4 Å². The van der Waals surface area contributed by atoms with Gasteiger partial charge in [-0.15, -0.1) is 0 Å². The van der Waals surface area contributed by atoms with Crippen molar-refractivity contribution in [1.29, 1.82) is 0 Å². The highest BCUT2D eigenvalue weighted by Gasteiger charge is 2.78. The van der Waals surface area contributed by atoms with Crippen LogP contribution >= 0.6 is 0 Å². The van der Waals surface area contributed by atoms with Crippen LogP contribution in [0.5, 0.6) is 0 Å². The summed E-state index contributed by atoms with van der Waals surface area (Å²) in [7, 11) is 0. The Balaban J connectivity index is 1.74. The molecule has 5 atom stereocenters. The van der Waals surface area contributed by atoms with Crippen LogP contribution in [0.2, 0.25) is 0 Å². The molecular formula is C25H35N3O5. The second kappa shape index (κ2) is 8.72. The lowest BCUT2D eigenvalue weighted by Crippen LogP contribution is -2.54. The number of β-amino-alcohol motifs (C(OH)–C–C–N with tert-alkyl or cyclic N) is 1. The molecule has 1 aromatic carbocycles. The van der Waals surface area contributed by atoms with E-state index in [1.807, 2.05) is 45.9 Å². The van der Waals surface area contributed by atoms with Crippen molar-refractivity contribution in [3.8, 4) is 0 Å². The van der Waals surface area contributed by atoms with Gasteiger partial charge in [-0.05, 0) is 50.7 Å². The third-order valence-corrected chi connectivity index (χ3v) is 7.83. The molecule has 3 aliphatic heterocycles. The van der Waals surface area contributed by atoms with Crippen LogP contribution in [-0.4, -0.2) is 64.7 Å². The van der Waals surface area contributed by atoms with E-state index in [1.165, 1.54) is 4.90 Å². The number of aryl methyl sites for hydroxylation is 2. The summed E-state index contributed by atoms with van der Waals surface area (Å²) in [5.41, 5.74) is 0.745. The van der Waals surface area contributed by atoms with E-state index in [9.17, 15) is 19.5 Å². The summed E-state index contributed by atoms with van der Waals surface area (Å²) < 4.78 is 6.65. The molecule has 2 bridgehead atoms. The van der Waals surface area contributed by atoms with Crippen LogP contribution < -0.4 is 10.6 Å². The number of amides is 3. The van der Waals surface area contributed by atoms with E-state index in [2.05, 4.69) is 10.6 Å². The first kappa shape index (κ1) is 23.7. The smallest absolute Gasteiger partial charge is 0.250 e. The number of likely N-dealkylation sites (tertiary alicyclic amines) is 1. The largest absolute Gasteiger partial charge is 0.395 e. The summed E-state index contributed by atoms with van der Waals surface area (Å²) in [6, 6.07) is 4.87. The highest BCUT2D eigenvalue weighted by Crippen LogP contribution is 2.64. The average Bonchev–Trinajstić information content (AvgIpc) is 3.39. The van der Waals surface area contributed by atoms with E-state index in [4.69, 9.17) is 4.74 Å². The lowest BCUT2D eigenvalue weighted by Gasteiger charge is -2.33. The molecule has 3 fully saturated rings. The number of benzene rings is 1. The van der Waals surface area contributed by atoms with E-state index in [-0.39, 0.29) is 30.9 Å². The predicted octanol–water partition coefficient (Wildman–Crippen LogP) is 1.92. The predicted molar refractivity (Wildman–Crippen MR) is 123 cm³/mol. The van der Waals surface area contributed by atoms with E-state index in [1.54, 1.807) is 0 Å². The quantitative estimate of drug-likeness (QED) is 0.553. The zero-order chi connectivity index (χ0) is 24.0. The molecule has 33 heavy (non-hydrogen) atoms. The van der Waals surface area contributed by atoms with Gasteiger partial charge in [0.1, 0.15) is 11.6 Å². The molecule has 3 amide bonds. The monoisotopic (exact) mass is 457 g/mol. The maximum absolute atomic E-state index is 13.7. The summed E-state index contributed by atoms with van der Waals surface area (Å²) in [4.78, 5) is 42.1. The molecule has 8 nitrogen and oxygen atoms in total. The number of carbonyl (C=O) groups excluding carboxylic acids is 3. The molecule has 0 aromatic heterocycles. The Labute approximate surface area is 195 Å². The number of anilines is 1. The third-order valence-electron chi connectivity index (χ3n) is 7.83. The van der Waals surface area contributed by atoms with Crippen LogP contribution in [0.1, 0.15) is 50.7 Å². The molecule has 1 spiro atoms. The lowest BCUT2D eigenvalue weighted by atomic mass is 9.65. The number of hydrogen-bond acceptors (Lipinski definition) is 5. The molecule has 1 aromatic rings. The molecule has 0 saturated carbocycles. The number of ether oxygens (including phenoxy) is 1. The van der Waals surface area contributed by atoms with Crippen LogP contribution in [0.15, 0.2) is 18.2 Å². The van der Waals surface area contributed by atoms with Crippen molar-refractivity contribution in [3.63, 3.8) is 0 Å². The molecule has 0 radical (unpaired) electrons. The van der Waals surface area contributed by atoms with Crippen LogP contribution in [0.4, 0.5) is 5.69 Å². The van der Waals surface area contributed by atoms with Gasteiger partial charge in [0.15, 0.2) is 0 Å². The Bertz CT molecular complexity index is 945. The minimum Gasteiger partial charge on any atom is -0.395 e. The maximum atomic E-state index is 13.7. The minimum absolute atomic E-state index is 0.0215. The molecule has 180 valence electrons. The summed E-state index contributed by atoms with van der Waals surface area (Å²) in [6.07, 6.45) is 2.53. The van der Waals surface area contributed by atoms with Gasteiger partial charge in [-0.25, -0.2) is 0 Å². The summed E-state index contributed by atoms with van der Waals surface area (Å²) >= 11 is 0. The highest BCUT2D eigenvalue weighted by atomic mass is 16.5. The number of nitrogens with zero attached hydrogens (tertiary/aromatic N) is 1. The Morgan fingerprint density at radius 1 is 1.18 bits per heavy atom. The Hall–Kier alpha value is -2.45. The fourth-order valence-corrected chi connectivity index (χ4v) is 6.33. The van der Waals surface area contributed by atoms with Gasteiger partial charge in [-0.1, -0.05) is 32.0 Å². The van der Waals surface area contributed by atoms with Crippen molar-refractivity contribution in [2.24, 2.45) is 11.8 Å². The normalized spacial score (nSPS) is 32.2. The number of rotatable bonds is 8. The van der Waals surface area contributed by atoms with Gasteiger partial charge in [0.2, 0.25) is 17.7 Å². The molecular weight excluding hydrogens is 422 g/mol. The Morgan fingerprint density at radius 2 is 1.88 bits per heavy atom. The number of nitrogens with one attached hydrogen (secondary N) is 2. The third kappa shape index (κ3) is 3.46. The average molecular weight is 458 g/mol. The SMILES string of the molecule is CCCNC(=O)[C@@H]1[C@H]2C(=O)N(CCO)C(C(=O)Nc3c(C)cccc3C)C23CC[C@@]1(CC)O3. The maximum Gasteiger partial charge on any atom is 0.250 e. The first-order valence-corrected chi connectivity index (χ1v) is 12.0. The van der Waals surface area contributed by atoms with Crippen LogP contribution in [0.3, 0.4) is 0 Å². The zero-order valence-electron chi connectivity index (χ0n) is 19.9. The van der Waals surface area contributed by atoms with Crippen molar-refractivity contribution in [3.05, 3.63) is 29.3 Å². The first-order chi connectivity index (χ1) is 15.8. The van der Waals surface area contributed by atoms with Crippen molar-refractivity contribution in [2.45, 2.75) is 70.6 Å². The zero-order valence-corrected chi connectivity index (χ0v) is 19.9. The van der Waals surface area contributed by atoms with E-state index in [0.717, 1.165) is 17.5 Å². The van der Waals surface area contributed by atoms with Crippen LogP contribution in [0.25, 0.3) is 0 Å². The Morgan fingerprint density at radius 3 is 2.48 bits per heavy atom. The molecule has 3 saturated heterocycles. The van der Waals surface area contributed by atoms with Crippen LogP contribution in [-0.2, 0) is 19.1 Å². The summed E-state index contributed by atoms with van der Waals surface area (Å²) in [6.45, 7) is 8.08. The van der Waals surface area contributed by atoms with Gasteiger partial charge < -0.3 is 25.4 Å². The lowest BCUT2D eigenvalue weighted by molar-refractivity contribution is -0.146. The minimum atomic E-state index is -1.07. The second-order valence-corrected chi connectivity index (χ2v) is 9.64. The second-order valence-electron chi connectivity index (χ2n) is 9.64. The standard InChI is InChI=1S/C25H35N3O5/c1-5-12-26-21(30)17-18-23(32)28(13-14-29)20(25(18)11-10-24(17,6-2)33-25)22(31)27-19-15(3)8-7-9-16(19)4/h7-9,17-18,20,29H,5-6,10-14H2,1-4H3,(H,26,30)(H,27,31)/t17-,18-,20?,24+,25?/m0/s1. The van der Waals surface area contributed by atoms with Gasteiger partial charge in [0.25, 0.3) is 0 Å². The number of carbonyl (C=O) groups is 3. The molecule has 2 unspecified atom stereocenters. The molecule has 3 N–H and O–H groups in total. The number of para-hydroxylation sites is 1. The molecule has 3 aliphatic rings. The van der Waals surface area contributed by atoms with Crippen molar-refractivity contribution in [1.82, 2.24) is 10.2 Å². The first-order valence-electron chi connectivity index (χ1n) is 12.0. The van der Waals surface area contributed by atoms with E-state index in [0.29, 0.717) is 31.5 Å². The van der Waals surface area contributed by atoms with Gasteiger partial charge in [0, 0.05) is 18.8 Å². The number of aliphatic hydroxyl groups excluding tert-OH is 1. The van der Waals surface area contributed by atoms with E-state index < -0.39 is 29.1 Å². The van der Waals surface area contributed by atoms with Crippen molar-refractivity contribution < 1.29 is 24.2 Å². The summed E-state index contributed by atoms with van der Waals surface area (Å²) in [5, 5.41) is 15.7. The molecule has 4 rings (SSSR count). The molecule has 8 heteroatoms. The number of fused-ring (bicyclic) bond motifs is 1. The van der Waals surface area contributed by atoms with Gasteiger partial charge in [-0.3, -0.25) is 14.4 Å². The molecule has 0 aliphatic carbocycles. The molecule has 3 heterocycles. The van der Waals surface area contributed by atoms with Gasteiger partial charge in [0.05, 0.1) is 24.0 Å². The number of aliphatic hydroxyl groups is 1. The van der Waals surface area contributed by atoms with Crippen molar-refractivity contribution in [2.75, 3.05) is 25.0 Å². The van der Waals surface area contributed by atoms with Gasteiger partial charge >= 0.3 is 0 Å². The van der Waals surface area contributed by atoms with Crippen LogP contribution in [0, 0.1) is 25.7 Å². The topological polar surface area (TPSA) is 108 Å². The highest BCUT2D eigenvalue weighted by molar-refractivity contribution is 6.04. The number of hydrogen-bond donors (Lipinski definition) is 3. The summed E-state index contributed by atoms with van der Waals surface area (Å²) in [5.74, 6) is -2.17. The fourth-order valence-electron chi connectivity index (χ4n) is 6.33. The fraction of sp³-hybridized carbons (Fsp3) is 0.640. The van der Waals surface area contributed by atoms with Gasteiger partial charge in [-0.2, -0.15) is 0 Å². The van der Waals surface area contributed by atoms with E-state index >= 15 is 0 Å².